The number of hydrogen-bond donors (Lipinski definition) is 2. The van der Waals surface area contributed by atoms with E-state index in [1.54, 1.807) is 12.3 Å². The Hall–Kier alpha value is -1.46. The highest BCUT2D eigenvalue weighted by molar-refractivity contribution is 5.90. The lowest BCUT2D eigenvalue weighted by Gasteiger charge is -2.38. The number of anilines is 1. The first-order valence-electron chi connectivity index (χ1n) is 5.65. The number of ether oxygens (including phenoxy) is 1. The summed E-state index contributed by atoms with van der Waals surface area (Å²) in [6.45, 7) is 5.59. The molecule has 0 bridgehead atoms. The fourth-order valence-corrected chi connectivity index (χ4v) is 1.54. The number of pyridine rings is 1. The van der Waals surface area contributed by atoms with E-state index >= 15 is 0 Å². The molecular formula is C12H17N3O2. The van der Waals surface area contributed by atoms with E-state index in [-0.39, 0.29) is 18.1 Å². The molecule has 0 saturated carbocycles. The monoisotopic (exact) mass is 235 g/mol. The van der Waals surface area contributed by atoms with Gasteiger partial charge in [0.25, 0.3) is 5.91 Å². The summed E-state index contributed by atoms with van der Waals surface area (Å²) in [6, 6.07) is 3.68. The first-order valence-corrected chi connectivity index (χ1v) is 5.65. The summed E-state index contributed by atoms with van der Waals surface area (Å²) in [7, 11) is 0. The minimum absolute atomic E-state index is 0.0632. The number of carbonyl (C=O) groups excluding carboxylic acids is 1. The van der Waals surface area contributed by atoms with Crippen molar-refractivity contribution in [2.75, 3.05) is 25.0 Å². The van der Waals surface area contributed by atoms with E-state index in [9.17, 15) is 4.79 Å². The van der Waals surface area contributed by atoms with Crippen molar-refractivity contribution in [3.05, 3.63) is 23.9 Å². The van der Waals surface area contributed by atoms with E-state index in [1.165, 1.54) is 0 Å². The van der Waals surface area contributed by atoms with Gasteiger partial charge >= 0.3 is 0 Å². The fraction of sp³-hybridized carbons (Fsp3) is 0.500. The zero-order valence-corrected chi connectivity index (χ0v) is 10.1. The van der Waals surface area contributed by atoms with Gasteiger partial charge in [0.2, 0.25) is 0 Å². The topological polar surface area (TPSA) is 63.2 Å². The third-order valence-electron chi connectivity index (χ3n) is 2.73. The van der Waals surface area contributed by atoms with Crippen LogP contribution in [0.15, 0.2) is 18.3 Å². The second-order valence-electron chi connectivity index (χ2n) is 4.61. The Morgan fingerprint density at radius 2 is 2.35 bits per heavy atom. The maximum atomic E-state index is 11.6. The first kappa shape index (κ1) is 12.0. The normalized spacial score (nSPS) is 17.3. The van der Waals surface area contributed by atoms with Crippen molar-refractivity contribution in [3.8, 4) is 0 Å². The fourth-order valence-electron chi connectivity index (χ4n) is 1.54. The molecule has 0 atom stereocenters. The molecule has 5 heteroatoms. The van der Waals surface area contributed by atoms with Crippen LogP contribution in [0, 0.1) is 6.92 Å². The SMILES string of the molecule is Cc1ccc(NC(=O)COC2(C)CNC2)nc1. The lowest BCUT2D eigenvalue weighted by atomic mass is 10.0. The smallest absolute Gasteiger partial charge is 0.251 e. The van der Waals surface area contributed by atoms with Gasteiger partial charge in [-0.3, -0.25) is 4.79 Å². The third kappa shape index (κ3) is 3.25. The highest BCUT2D eigenvalue weighted by Crippen LogP contribution is 2.14. The summed E-state index contributed by atoms with van der Waals surface area (Å²) in [4.78, 5) is 15.7. The van der Waals surface area contributed by atoms with E-state index in [2.05, 4.69) is 15.6 Å². The molecule has 1 aromatic rings. The summed E-state index contributed by atoms with van der Waals surface area (Å²) in [5.74, 6) is 0.385. The summed E-state index contributed by atoms with van der Waals surface area (Å²) < 4.78 is 5.52. The van der Waals surface area contributed by atoms with Gasteiger partial charge in [0.05, 0.1) is 5.60 Å². The second-order valence-corrected chi connectivity index (χ2v) is 4.61. The number of nitrogens with zero attached hydrogens (tertiary/aromatic N) is 1. The molecule has 1 aliphatic rings. The van der Waals surface area contributed by atoms with Crippen LogP contribution < -0.4 is 10.6 Å². The number of amides is 1. The van der Waals surface area contributed by atoms with Gasteiger partial charge in [-0.05, 0) is 25.5 Å². The molecule has 0 spiro atoms. The van der Waals surface area contributed by atoms with Crippen molar-refractivity contribution in [1.29, 1.82) is 0 Å². The van der Waals surface area contributed by atoms with Gasteiger partial charge in [-0.25, -0.2) is 4.98 Å². The molecule has 1 amide bonds. The average molecular weight is 235 g/mol. The summed E-state index contributed by atoms with van der Waals surface area (Å²) in [5, 5.41) is 5.81. The first-order chi connectivity index (χ1) is 8.07. The Balaban J connectivity index is 1.79. The van der Waals surface area contributed by atoms with Crippen LogP contribution in [0.3, 0.4) is 0 Å². The Bertz CT molecular complexity index is 399. The van der Waals surface area contributed by atoms with Gasteiger partial charge in [0, 0.05) is 19.3 Å². The van der Waals surface area contributed by atoms with Crippen molar-refractivity contribution in [3.63, 3.8) is 0 Å². The van der Waals surface area contributed by atoms with E-state index in [0.29, 0.717) is 5.82 Å². The molecule has 0 aliphatic carbocycles. The molecule has 2 heterocycles. The van der Waals surface area contributed by atoms with Gasteiger partial charge in [-0.15, -0.1) is 0 Å². The number of hydrogen-bond acceptors (Lipinski definition) is 4. The average Bonchev–Trinajstić information content (AvgIpc) is 2.27. The third-order valence-corrected chi connectivity index (χ3v) is 2.73. The number of aryl methyl sites for hydroxylation is 1. The zero-order chi connectivity index (χ0) is 12.3. The largest absolute Gasteiger partial charge is 0.363 e. The van der Waals surface area contributed by atoms with E-state index in [0.717, 1.165) is 18.7 Å². The van der Waals surface area contributed by atoms with Crippen LogP contribution in [-0.4, -0.2) is 36.2 Å². The van der Waals surface area contributed by atoms with Crippen LogP contribution >= 0.6 is 0 Å². The van der Waals surface area contributed by atoms with Gasteiger partial charge < -0.3 is 15.4 Å². The molecule has 5 nitrogen and oxygen atoms in total. The van der Waals surface area contributed by atoms with Crippen LogP contribution in [0.25, 0.3) is 0 Å². The Morgan fingerprint density at radius 1 is 1.59 bits per heavy atom. The van der Waals surface area contributed by atoms with Gasteiger partial charge in [0.15, 0.2) is 0 Å². The maximum absolute atomic E-state index is 11.6. The van der Waals surface area contributed by atoms with Crippen LogP contribution in [0.2, 0.25) is 0 Å². The lowest BCUT2D eigenvalue weighted by Crippen LogP contribution is -2.59. The van der Waals surface area contributed by atoms with Crippen LogP contribution in [0.5, 0.6) is 0 Å². The Labute approximate surface area is 101 Å². The minimum Gasteiger partial charge on any atom is -0.363 e. The van der Waals surface area contributed by atoms with Crippen molar-refractivity contribution in [2.24, 2.45) is 0 Å². The minimum atomic E-state index is -0.196. The standard InChI is InChI=1S/C12H17N3O2/c1-9-3-4-10(14-5-9)15-11(16)6-17-12(2)7-13-8-12/h3-5,13H,6-8H2,1-2H3,(H,14,15,16). The van der Waals surface area contributed by atoms with Crippen molar-refractivity contribution in [1.82, 2.24) is 10.3 Å². The molecule has 1 aromatic heterocycles. The molecule has 0 radical (unpaired) electrons. The molecule has 17 heavy (non-hydrogen) atoms. The van der Waals surface area contributed by atoms with Crippen LogP contribution in [0.1, 0.15) is 12.5 Å². The maximum Gasteiger partial charge on any atom is 0.251 e. The highest BCUT2D eigenvalue weighted by Gasteiger charge is 2.32. The summed E-state index contributed by atoms with van der Waals surface area (Å²) in [5.41, 5.74) is 0.866. The number of aromatic nitrogens is 1. The van der Waals surface area contributed by atoms with E-state index in [1.807, 2.05) is 19.9 Å². The molecule has 1 fully saturated rings. The predicted octanol–water partition coefficient (Wildman–Crippen LogP) is 0.707. The number of carbonyl (C=O) groups is 1. The molecule has 2 N–H and O–H groups in total. The summed E-state index contributed by atoms with van der Waals surface area (Å²) >= 11 is 0. The van der Waals surface area contributed by atoms with Crippen LogP contribution in [0.4, 0.5) is 5.82 Å². The molecular weight excluding hydrogens is 218 g/mol. The van der Waals surface area contributed by atoms with Crippen molar-refractivity contribution < 1.29 is 9.53 Å². The van der Waals surface area contributed by atoms with Gasteiger partial charge in [-0.2, -0.15) is 0 Å². The number of rotatable bonds is 4. The second kappa shape index (κ2) is 4.81. The zero-order valence-electron chi connectivity index (χ0n) is 10.1. The molecule has 0 unspecified atom stereocenters. The quantitative estimate of drug-likeness (QED) is 0.806. The van der Waals surface area contributed by atoms with E-state index < -0.39 is 0 Å². The molecule has 1 saturated heterocycles. The molecule has 92 valence electrons. The number of nitrogens with one attached hydrogen (secondary N) is 2. The van der Waals surface area contributed by atoms with E-state index in [4.69, 9.17) is 4.74 Å². The Kier molecular flexibility index (Phi) is 3.40. The van der Waals surface area contributed by atoms with Gasteiger partial charge in [0.1, 0.15) is 12.4 Å². The van der Waals surface area contributed by atoms with Crippen molar-refractivity contribution >= 4 is 11.7 Å². The lowest BCUT2D eigenvalue weighted by molar-refractivity contribution is -0.130. The van der Waals surface area contributed by atoms with Crippen LogP contribution in [-0.2, 0) is 9.53 Å². The predicted molar refractivity (Wildman–Crippen MR) is 64.8 cm³/mol. The molecule has 2 rings (SSSR count). The molecule has 1 aliphatic heterocycles. The molecule has 0 aromatic carbocycles. The van der Waals surface area contributed by atoms with Gasteiger partial charge in [-0.1, -0.05) is 6.07 Å². The summed E-state index contributed by atoms with van der Waals surface area (Å²) in [6.07, 6.45) is 1.72. The Morgan fingerprint density at radius 3 is 2.88 bits per heavy atom. The highest BCUT2D eigenvalue weighted by atomic mass is 16.5. The van der Waals surface area contributed by atoms with Crippen molar-refractivity contribution in [2.45, 2.75) is 19.4 Å².